The molecule has 1 aliphatic rings. The van der Waals surface area contributed by atoms with Crippen LogP contribution in [0.25, 0.3) is 10.2 Å². The minimum atomic E-state index is -0.309. The van der Waals surface area contributed by atoms with Crippen molar-refractivity contribution in [3.8, 4) is 11.5 Å². The molecule has 0 radical (unpaired) electrons. The number of aromatic nitrogens is 1. The molecule has 0 bridgehead atoms. The van der Waals surface area contributed by atoms with Gasteiger partial charge in [0, 0.05) is 12.1 Å². The molecule has 2 N–H and O–H groups in total. The van der Waals surface area contributed by atoms with Gasteiger partial charge >= 0.3 is 11.1 Å². The summed E-state index contributed by atoms with van der Waals surface area (Å²) < 4.78 is 18.3. The lowest BCUT2D eigenvalue weighted by Crippen LogP contribution is -3.00. The van der Waals surface area contributed by atoms with Crippen molar-refractivity contribution in [1.82, 2.24) is 0 Å². The van der Waals surface area contributed by atoms with Gasteiger partial charge in [-0.2, -0.15) is 0 Å². The van der Waals surface area contributed by atoms with Crippen LogP contribution >= 0.6 is 11.3 Å². The number of halogens is 1. The van der Waals surface area contributed by atoms with Gasteiger partial charge in [-0.15, -0.1) is 0 Å². The van der Waals surface area contributed by atoms with Gasteiger partial charge in [0.2, 0.25) is 6.79 Å². The molecule has 2 heterocycles. The number of nitrogen functional groups attached to an aromatic ring is 1. The van der Waals surface area contributed by atoms with Crippen molar-refractivity contribution in [1.29, 1.82) is 0 Å². The maximum Gasteiger partial charge on any atom is 0.348 e. The Morgan fingerprint density at radius 3 is 2.85 bits per heavy atom. The number of hydrogen-bond acceptors (Lipinski definition) is 6. The third-order valence-corrected chi connectivity index (χ3v) is 3.79. The Balaban J connectivity index is 0.00000147. The second-order valence-electron chi connectivity index (χ2n) is 4.00. The lowest BCUT2D eigenvalue weighted by molar-refractivity contribution is -0.641. The number of thiazole rings is 1. The van der Waals surface area contributed by atoms with Gasteiger partial charge in [0.25, 0.3) is 0 Å². The van der Waals surface area contributed by atoms with E-state index in [9.17, 15) is 4.79 Å². The van der Waals surface area contributed by atoms with E-state index in [1.54, 1.807) is 11.5 Å². The lowest BCUT2D eigenvalue weighted by Gasteiger charge is -2.01. The van der Waals surface area contributed by atoms with E-state index in [1.165, 1.54) is 11.3 Å². The van der Waals surface area contributed by atoms with E-state index in [4.69, 9.17) is 19.9 Å². The fourth-order valence-corrected chi connectivity index (χ4v) is 2.93. The molecule has 108 valence electrons. The number of hydrogen-bond donors (Lipinski definition) is 1. The molecule has 0 fully saturated rings. The van der Waals surface area contributed by atoms with E-state index in [-0.39, 0.29) is 36.3 Å². The number of ether oxygens (including phenoxy) is 3. The number of rotatable bonds is 3. The molecule has 0 saturated carbocycles. The van der Waals surface area contributed by atoms with Crippen molar-refractivity contribution in [2.45, 2.75) is 13.5 Å². The highest BCUT2D eigenvalue weighted by atomic mass is 79.9. The molecule has 0 atom stereocenters. The predicted molar refractivity (Wildman–Crippen MR) is 69.2 cm³/mol. The van der Waals surface area contributed by atoms with Gasteiger partial charge in [0.15, 0.2) is 18.0 Å². The molecular weight excluding hydrogens is 348 g/mol. The van der Waals surface area contributed by atoms with Crippen LogP contribution in [-0.4, -0.2) is 19.4 Å². The van der Waals surface area contributed by atoms with E-state index in [0.717, 1.165) is 10.2 Å². The van der Waals surface area contributed by atoms with Gasteiger partial charge in [0.05, 0.1) is 11.3 Å². The average Bonchev–Trinajstić information content (AvgIpc) is 2.92. The van der Waals surface area contributed by atoms with E-state index >= 15 is 0 Å². The van der Waals surface area contributed by atoms with E-state index in [0.29, 0.717) is 23.2 Å². The maximum atomic E-state index is 11.6. The summed E-state index contributed by atoms with van der Waals surface area (Å²) in [6.07, 6.45) is 0. The number of anilines is 1. The van der Waals surface area contributed by atoms with Crippen LogP contribution in [-0.2, 0) is 16.1 Å². The van der Waals surface area contributed by atoms with E-state index in [1.807, 2.05) is 12.1 Å². The fraction of sp³-hybridized carbons (Fsp3) is 0.333. The first kappa shape index (κ1) is 14.9. The number of carbonyl (C=O) groups is 1. The Bertz CT molecular complexity index is 658. The second-order valence-corrected chi connectivity index (χ2v) is 5.07. The fourth-order valence-electron chi connectivity index (χ4n) is 1.99. The third kappa shape index (κ3) is 2.53. The number of benzene rings is 1. The molecule has 0 saturated heterocycles. The van der Waals surface area contributed by atoms with Gasteiger partial charge in [-0.25, -0.2) is 9.36 Å². The summed E-state index contributed by atoms with van der Waals surface area (Å²) >= 11 is 1.40. The molecule has 2 aromatic rings. The van der Waals surface area contributed by atoms with Crippen LogP contribution < -0.4 is 36.8 Å². The number of nitrogens with zero attached hydrogens (tertiary/aromatic N) is 1. The molecule has 8 heteroatoms. The molecule has 3 rings (SSSR count). The third-order valence-electron chi connectivity index (χ3n) is 2.82. The Labute approximate surface area is 129 Å². The van der Waals surface area contributed by atoms with Crippen molar-refractivity contribution in [2.75, 3.05) is 19.1 Å². The summed E-state index contributed by atoms with van der Waals surface area (Å²) in [5, 5.41) is 0.548. The first-order chi connectivity index (χ1) is 9.19. The molecule has 20 heavy (non-hydrogen) atoms. The SMILES string of the molecule is CCOC(=O)C[n+]1c(N)sc2cc3c(cc21)OCO3.[Br-]. The molecule has 1 aromatic heterocycles. The Morgan fingerprint density at radius 1 is 1.45 bits per heavy atom. The van der Waals surface area contributed by atoms with Crippen LogP contribution in [0.4, 0.5) is 5.13 Å². The van der Waals surface area contributed by atoms with Gasteiger partial charge in [-0.05, 0) is 18.3 Å². The molecule has 0 aliphatic carbocycles. The molecule has 0 amide bonds. The van der Waals surface area contributed by atoms with Crippen LogP contribution in [0.3, 0.4) is 0 Å². The largest absolute Gasteiger partial charge is 1.00 e. The average molecular weight is 361 g/mol. The highest BCUT2D eigenvalue weighted by molar-refractivity contribution is 7.21. The zero-order valence-electron chi connectivity index (χ0n) is 10.7. The topological polar surface area (TPSA) is 74.7 Å². The summed E-state index contributed by atoms with van der Waals surface area (Å²) in [5.74, 6) is 1.07. The quantitative estimate of drug-likeness (QED) is 0.509. The second kappa shape index (κ2) is 5.84. The lowest BCUT2D eigenvalue weighted by atomic mass is 10.3. The van der Waals surface area contributed by atoms with Gasteiger partial charge in [0.1, 0.15) is 5.52 Å². The van der Waals surface area contributed by atoms with Crippen LogP contribution in [0.5, 0.6) is 11.5 Å². The smallest absolute Gasteiger partial charge is 0.348 e. The minimum Gasteiger partial charge on any atom is -1.00 e. The zero-order valence-corrected chi connectivity index (χ0v) is 13.1. The first-order valence-electron chi connectivity index (χ1n) is 5.86. The van der Waals surface area contributed by atoms with Crippen LogP contribution in [0, 0.1) is 0 Å². The van der Waals surface area contributed by atoms with Crippen LogP contribution in [0.1, 0.15) is 6.92 Å². The normalized spacial score (nSPS) is 12.2. The minimum absolute atomic E-state index is 0. The summed E-state index contributed by atoms with van der Waals surface area (Å²) in [7, 11) is 0. The van der Waals surface area contributed by atoms with Gasteiger partial charge in [-0.3, -0.25) is 5.73 Å². The number of esters is 1. The Hall–Kier alpha value is -1.54. The van der Waals surface area contributed by atoms with E-state index in [2.05, 4.69) is 0 Å². The molecule has 1 aliphatic heterocycles. The molecule has 1 aromatic carbocycles. The Morgan fingerprint density at radius 2 is 2.15 bits per heavy atom. The molecule has 0 spiro atoms. The predicted octanol–water partition coefficient (Wildman–Crippen LogP) is -1.93. The number of carbonyl (C=O) groups excluding carboxylic acids is 1. The Kier molecular flexibility index (Phi) is 4.34. The van der Waals surface area contributed by atoms with E-state index < -0.39 is 0 Å². The van der Waals surface area contributed by atoms with Crippen LogP contribution in [0.15, 0.2) is 12.1 Å². The van der Waals surface area contributed by atoms with Gasteiger partial charge < -0.3 is 31.2 Å². The highest BCUT2D eigenvalue weighted by Crippen LogP contribution is 2.37. The first-order valence-corrected chi connectivity index (χ1v) is 6.67. The summed E-state index contributed by atoms with van der Waals surface area (Å²) in [5.41, 5.74) is 6.80. The number of nitrogens with two attached hydrogens (primary N) is 1. The van der Waals surface area contributed by atoms with Crippen molar-refractivity contribution in [3.05, 3.63) is 12.1 Å². The van der Waals surface area contributed by atoms with Crippen molar-refractivity contribution in [2.24, 2.45) is 0 Å². The summed E-state index contributed by atoms with van der Waals surface area (Å²) in [6.45, 7) is 2.45. The molecule has 6 nitrogen and oxygen atoms in total. The van der Waals surface area contributed by atoms with Crippen LogP contribution in [0.2, 0.25) is 0 Å². The number of fused-ring (bicyclic) bond motifs is 2. The maximum absolute atomic E-state index is 11.6. The van der Waals surface area contributed by atoms with Crippen molar-refractivity contribution >= 4 is 32.7 Å². The van der Waals surface area contributed by atoms with Crippen molar-refractivity contribution < 1.29 is 40.6 Å². The molecule has 0 unspecified atom stereocenters. The van der Waals surface area contributed by atoms with Gasteiger partial charge in [-0.1, -0.05) is 0 Å². The summed E-state index contributed by atoms with van der Waals surface area (Å²) in [4.78, 5) is 11.6. The zero-order chi connectivity index (χ0) is 13.4. The monoisotopic (exact) mass is 360 g/mol. The summed E-state index contributed by atoms with van der Waals surface area (Å²) in [6, 6.07) is 3.71. The molecular formula is C12H13BrN2O4S. The highest BCUT2D eigenvalue weighted by Gasteiger charge is 2.23. The van der Waals surface area contributed by atoms with Crippen molar-refractivity contribution in [3.63, 3.8) is 0 Å². The standard InChI is InChI=1S/C12H12N2O4S.BrH/c1-2-16-11(15)5-14-7-3-8-9(18-6-17-8)4-10(7)19-12(14)13;/h3-4,13H,2,5-6H2,1H3;1H.